The molecule has 0 unspecified atom stereocenters. The van der Waals surface area contributed by atoms with E-state index in [1.165, 1.54) is 8.97 Å². The lowest BCUT2D eigenvalue weighted by atomic mass is 10.1. The quantitative estimate of drug-likeness (QED) is 0.497. The number of aryl methyl sites for hydroxylation is 1. The van der Waals surface area contributed by atoms with Crippen LogP contribution in [0.5, 0.6) is 0 Å². The fourth-order valence-electron chi connectivity index (χ4n) is 3.55. The highest BCUT2D eigenvalue weighted by molar-refractivity contribution is 5.80. The fourth-order valence-corrected chi connectivity index (χ4v) is 3.55. The van der Waals surface area contributed by atoms with Gasteiger partial charge >= 0.3 is 5.69 Å². The molecule has 8 heteroatoms. The average molecular weight is 419 g/mol. The lowest BCUT2D eigenvalue weighted by molar-refractivity contribution is -0.122. The van der Waals surface area contributed by atoms with Crippen LogP contribution >= 0.6 is 0 Å². The minimum absolute atomic E-state index is 0.186. The van der Waals surface area contributed by atoms with Gasteiger partial charge in [-0.2, -0.15) is 0 Å². The number of nitrogens with one attached hydrogen (secondary N) is 1. The van der Waals surface area contributed by atoms with Gasteiger partial charge in [0.05, 0.1) is 10.9 Å². The van der Waals surface area contributed by atoms with Crippen molar-refractivity contribution in [2.24, 2.45) is 5.92 Å². The summed E-state index contributed by atoms with van der Waals surface area (Å²) < 4.78 is 4.07. The molecule has 2 heterocycles. The summed E-state index contributed by atoms with van der Waals surface area (Å²) in [5.74, 6) is 0.316. The number of rotatable bonds is 7. The first-order chi connectivity index (χ1) is 15.0. The number of hydrogen-bond acceptors (Lipinski definition) is 4. The van der Waals surface area contributed by atoms with E-state index < -0.39 is 5.69 Å². The van der Waals surface area contributed by atoms with Crippen molar-refractivity contribution in [2.45, 2.75) is 39.9 Å². The minimum Gasteiger partial charge on any atom is -0.350 e. The first-order valence-electron chi connectivity index (χ1n) is 10.4. The van der Waals surface area contributed by atoms with Gasteiger partial charge in [0.25, 0.3) is 5.56 Å². The Bertz CT molecular complexity index is 1350. The van der Waals surface area contributed by atoms with Crippen LogP contribution in [0.2, 0.25) is 0 Å². The number of para-hydroxylation sites is 1. The molecule has 0 aliphatic heterocycles. The molecule has 2 aromatic carbocycles. The maximum atomic E-state index is 13.1. The highest BCUT2D eigenvalue weighted by Crippen LogP contribution is 2.12. The van der Waals surface area contributed by atoms with Gasteiger partial charge in [-0.15, -0.1) is 5.10 Å². The van der Waals surface area contributed by atoms with Gasteiger partial charge in [-0.1, -0.05) is 56.3 Å². The molecule has 0 saturated carbocycles. The van der Waals surface area contributed by atoms with Crippen molar-refractivity contribution in [1.82, 2.24) is 24.1 Å². The molecule has 4 aromatic rings. The predicted octanol–water partition coefficient (Wildman–Crippen LogP) is 2.17. The van der Waals surface area contributed by atoms with Crippen molar-refractivity contribution >= 4 is 22.6 Å². The van der Waals surface area contributed by atoms with Crippen molar-refractivity contribution in [3.63, 3.8) is 0 Å². The molecule has 0 atom stereocenters. The van der Waals surface area contributed by atoms with Crippen molar-refractivity contribution in [3.8, 4) is 0 Å². The Hall–Kier alpha value is -3.68. The van der Waals surface area contributed by atoms with Crippen molar-refractivity contribution in [2.75, 3.05) is 0 Å². The normalized spacial score (nSPS) is 11.5. The molecule has 8 nitrogen and oxygen atoms in total. The van der Waals surface area contributed by atoms with Gasteiger partial charge in [0.15, 0.2) is 0 Å². The third-order valence-electron chi connectivity index (χ3n) is 5.24. The molecule has 1 N–H and O–H groups in total. The lowest BCUT2D eigenvalue weighted by Crippen LogP contribution is -2.32. The number of benzene rings is 2. The van der Waals surface area contributed by atoms with Crippen molar-refractivity contribution < 1.29 is 4.79 Å². The lowest BCUT2D eigenvalue weighted by Gasteiger charge is -2.10. The summed E-state index contributed by atoms with van der Waals surface area (Å²) >= 11 is 0. The van der Waals surface area contributed by atoms with E-state index in [0.29, 0.717) is 29.9 Å². The topological polar surface area (TPSA) is 90.4 Å². The van der Waals surface area contributed by atoms with E-state index in [-0.39, 0.29) is 23.8 Å². The minimum atomic E-state index is -0.445. The maximum absolute atomic E-state index is 13.1. The second kappa shape index (κ2) is 8.59. The molecule has 0 fully saturated rings. The monoisotopic (exact) mass is 419 g/mol. The van der Waals surface area contributed by atoms with E-state index in [9.17, 15) is 14.4 Å². The Kier molecular flexibility index (Phi) is 5.70. The molecule has 1 amide bonds. The fraction of sp³-hybridized carbons (Fsp3) is 0.304. The summed E-state index contributed by atoms with van der Waals surface area (Å²) in [6, 6.07) is 16.5. The number of aromatic nitrogens is 4. The molecule has 4 rings (SSSR count). The van der Waals surface area contributed by atoms with Crippen LogP contribution < -0.4 is 16.6 Å². The molecule has 31 heavy (non-hydrogen) atoms. The van der Waals surface area contributed by atoms with E-state index >= 15 is 0 Å². The Morgan fingerprint density at radius 3 is 2.48 bits per heavy atom. The van der Waals surface area contributed by atoms with Gasteiger partial charge in [0, 0.05) is 13.1 Å². The van der Waals surface area contributed by atoms with Gasteiger partial charge in [0.1, 0.15) is 6.54 Å². The second-order valence-corrected chi connectivity index (χ2v) is 7.99. The third kappa shape index (κ3) is 4.14. The van der Waals surface area contributed by atoms with Crippen LogP contribution in [0.3, 0.4) is 0 Å². The van der Waals surface area contributed by atoms with Crippen LogP contribution in [0, 0.1) is 5.92 Å². The van der Waals surface area contributed by atoms with Gasteiger partial charge in [-0.05, 0) is 30.0 Å². The van der Waals surface area contributed by atoms with E-state index in [1.54, 1.807) is 24.3 Å². The number of fused-ring (bicyclic) bond motifs is 3. The number of hydrogen-bond donors (Lipinski definition) is 1. The summed E-state index contributed by atoms with van der Waals surface area (Å²) in [4.78, 5) is 38.7. The van der Waals surface area contributed by atoms with Gasteiger partial charge in [-0.25, -0.2) is 13.9 Å². The first kappa shape index (κ1) is 20.6. The molecule has 0 aliphatic rings. The Morgan fingerprint density at radius 1 is 1.03 bits per heavy atom. The van der Waals surface area contributed by atoms with E-state index in [0.717, 1.165) is 16.7 Å². The molecule has 0 saturated heterocycles. The Balaban J connectivity index is 1.72. The summed E-state index contributed by atoms with van der Waals surface area (Å²) in [6.45, 7) is 4.74. The van der Waals surface area contributed by atoms with Crippen LogP contribution in [0.4, 0.5) is 0 Å². The summed E-state index contributed by atoms with van der Waals surface area (Å²) in [5, 5.41) is 7.62. The highest BCUT2D eigenvalue weighted by Gasteiger charge is 2.18. The Morgan fingerprint density at radius 2 is 1.74 bits per heavy atom. The molecule has 0 aliphatic carbocycles. The summed E-state index contributed by atoms with van der Waals surface area (Å²) in [7, 11) is 0. The van der Waals surface area contributed by atoms with E-state index in [1.807, 2.05) is 30.3 Å². The van der Waals surface area contributed by atoms with Crippen LogP contribution in [0.1, 0.15) is 25.8 Å². The maximum Gasteiger partial charge on any atom is 0.352 e. The average Bonchev–Trinajstić information content (AvgIpc) is 3.08. The first-order valence-corrected chi connectivity index (χ1v) is 10.4. The molecule has 0 radical (unpaired) electrons. The van der Waals surface area contributed by atoms with Crippen LogP contribution in [-0.4, -0.2) is 24.7 Å². The van der Waals surface area contributed by atoms with Gasteiger partial charge in [-0.3, -0.25) is 14.2 Å². The standard InChI is InChI=1S/C23H25N5O3/c1-16(2)12-13-26-21(30)18-10-6-7-11-19(18)28-22(26)25-27(23(28)31)15-20(29)24-14-17-8-4-3-5-9-17/h3-11,16H,12-15H2,1-2H3,(H,24,29). The number of nitrogens with zero attached hydrogens (tertiary/aromatic N) is 4. The molecule has 0 bridgehead atoms. The van der Waals surface area contributed by atoms with E-state index in [4.69, 9.17) is 0 Å². The third-order valence-corrected chi connectivity index (χ3v) is 5.24. The van der Waals surface area contributed by atoms with Crippen LogP contribution in [0.15, 0.2) is 64.2 Å². The number of carbonyl (C=O) groups is 1. The zero-order chi connectivity index (χ0) is 22.0. The Labute approximate surface area is 178 Å². The van der Waals surface area contributed by atoms with Gasteiger partial charge < -0.3 is 5.32 Å². The van der Waals surface area contributed by atoms with E-state index in [2.05, 4.69) is 24.3 Å². The SMILES string of the molecule is CC(C)CCn1c(=O)c2ccccc2n2c(=O)n(CC(=O)NCc3ccccc3)nc12. The second-order valence-electron chi connectivity index (χ2n) is 7.99. The van der Waals surface area contributed by atoms with Crippen LogP contribution in [-0.2, 0) is 24.4 Å². The molecular weight excluding hydrogens is 394 g/mol. The molecule has 0 spiro atoms. The zero-order valence-electron chi connectivity index (χ0n) is 17.6. The van der Waals surface area contributed by atoms with Crippen molar-refractivity contribution in [1.29, 1.82) is 0 Å². The number of carbonyl (C=O) groups excluding carboxylic acids is 1. The predicted molar refractivity (Wildman–Crippen MR) is 119 cm³/mol. The molecule has 160 valence electrons. The van der Waals surface area contributed by atoms with Gasteiger partial charge in [0.2, 0.25) is 11.7 Å². The highest BCUT2D eigenvalue weighted by atomic mass is 16.2. The zero-order valence-corrected chi connectivity index (χ0v) is 17.6. The van der Waals surface area contributed by atoms with Crippen LogP contribution in [0.25, 0.3) is 16.7 Å². The molecular formula is C23H25N5O3. The summed E-state index contributed by atoms with van der Waals surface area (Å²) in [5.41, 5.74) is 0.824. The number of amides is 1. The largest absolute Gasteiger partial charge is 0.352 e. The molecule has 2 aromatic heterocycles. The smallest absolute Gasteiger partial charge is 0.350 e. The summed E-state index contributed by atoms with van der Waals surface area (Å²) in [6.07, 6.45) is 0.770. The van der Waals surface area contributed by atoms with Crippen molar-refractivity contribution in [3.05, 3.63) is 81.0 Å².